The molecule has 0 radical (unpaired) electrons. The van der Waals surface area contributed by atoms with Crippen LogP contribution in [0.25, 0.3) is 54.5 Å². The van der Waals surface area contributed by atoms with Gasteiger partial charge in [-0.05, 0) is 72.2 Å². The predicted molar refractivity (Wildman–Crippen MR) is 167 cm³/mol. The number of aryl methyl sites for hydroxylation is 2. The molecule has 3 heterocycles. The molecule has 0 aliphatic rings. The lowest BCUT2D eigenvalue weighted by atomic mass is 9.83. The number of para-hydroxylation sites is 1. The number of hydrogen-bond donors (Lipinski definition) is 0. The quantitative estimate of drug-likeness (QED) is 0.227. The summed E-state index contributed by atoms with van der Waals surface area (Å²) >= 11 is 1.76. The van der Waals surface area contributed by atoms with Crippen LogP contribution >= 0.6 is 11.3 Å². The molecule has 0 unspecified atom stereocenters. The Morgan fingerprint density at radius 2 is 1.49 bits per heavy atom. The summed E-state index contributed by atoms with van der Waals surface area (Å²) in [4.78, 5) is 10.1. The number of rotatable bonds is 3. The summed E-state index contributed by atoms with van der Waals surface area (Å²) in [7, 11) is 0. The van der Waals surface area contributed by atoms with Gasteiger partial charge in [-0.1, -0.05) is 71.9 Å². The summed E-state index contributed by atoms with van der Waals surface area (Å²) in [5.74, 6) is 0. The number of fused-ring (bicyclic) bond motifs is 5. The Kier molecular flexibility index (Phi) is 5.96. The van der Waals surface area contributed by atoms with Gasteiger partial charge >= 0.3 is 0 Å². The van der Waals surface area contributed by atoms with Crippen molar-refractivity contribution in [1.82, 2.24) is 9.97 Å². The zero-order valence-corrected chi connectivity index (χ0v) is 25.0. The summed E-state index contributed by atoms with van der Waals surface area (Å²) in [6.07, 6.45) is 3.03. The van der Waals surface area contributed by atoms with Gasteiger partial charge in [0.25, 0.3) is 0 Å². The average Bonchev–Trinajstić information content (AvgIpc) is 3.45. The molecule has 0 bridgehead atoms. The van der Waals surface area contributed by atoms with Crippen molar-refractivity contribution in [2.24, 2.45) is 5.41 Å². The van der Waals surface area contributed by atoms with Crippen LogP contribution in [0.5, 0.6) is 0 Å². The smallest absolute Gasteiger partial charge is 0.162 e. The second kappa shape index (κ2) is 9.02. The highest BCUT2D eigenvalue weighted by Crippen LogP contribution is 2.42. The first kappa shape index (κ1) is 25.8. The summed E-state index contributed by atoms with van der Waals surface area (Å²) in [6, 6.07) is 19.6. The van der Waals surface area contributed by atoms with Crippen molar-refractivity contribution in [3.8, 4) is 22.4 Å². The van der Waals surface area contributed by atoms with Gasteiger partial charge in [-0.15, -0.1) is 11.3 Å². The van der Waals surface area contributed by atoms with E-state index >= 15 is 0 Å². The molecule has 198 valence electrons. The Hall–Kier alpha value is -3.50. The molecular formula is C35H36N2OS. The van der Waals surface area contributed by atoms with Crippen LogP contribution in [0.15, 0.2) is 65.2 Å². The molecule has 0 fully saturated rings. The predicted octanol–water partition coefficient (Wildman–Crippen LogP) is 10.4. The maximum absolute atomic E-state index is 6.68. The maximum atomic E-state index is 6.68. The van der Waals surface area contributed by atoms with Gasteiger partial charge in [0.1, 0.15) is 11.1 Å². The number of pyridine rings is 1. The molecule has 3 aromatic carbocycles. The zero-order chi connectivity index (χ0) is 27.7. The van der Waals surface area contributed by atoms with Crippen LogP contribution in [0.4, 0.5) is 0 Å². The van der Waals surface area contributed by atoms with Crippen LogP contribution in [-0.2, 0) is 11.8 Å². The number of aromatic nitrogens is 2. The van der Waals surface area contributed by atoms with Crippen molar-refractivity contribution in [2.75, 3.05) is 0 Å². The van der Waals surface area contributed by atoms with Gasteiger partial charge in [0.15, 0.2) is 5.58 Å². The second-order valence-corrected chi connectivity index (χ2v) is 14.1. The van der Waals surface area contributed by atoms with Gasteiger partial charge < -0.3 is 4.42 Å². The molecule has 0 saturated carbocycles. The number of benzene rings is 3. The summed E-state index contributed by atoms with van der Waals surface area (Å²) < 4.78 is 7.84. The van der Waals surface area contributed by atoms with E-state index in [1.807, 2.05) is 0 Å². The molecule has 6 aromatic rings. The van der Waals surface area contributed by atoms with Crippen molar-refractivity contribution in [2.45, 2.75) is 67.2 Å². The third kappa shape index (κ3) is 4.55. The van der Waals surface area contributed by atoms with Crippen molar-refractivity contribution < 1.29 is 4.42 Å². The largest absolute Gasteiger partial charge is 0.453 e. The van der Waals surface area contributed by atoms with Crippen LogP contribution in [0.2, 0.25) is 0 Å². The van der Waals surface area contributed by atoms with Crippen LogP contribution < -0.4 is 0 Å². The second-order valence-electron chi connectivity index (χ2n) is 13.1. The summed E-state index contributed by atoms with van der Waals surface area (Å²) in [6.45, 7) is 17.9. The normalized spacial score (nSPS) is 12.7. The molecular weight excluding hydrogens is 496 g/mol. The molecule has 3 nitrogen and oxygen atoms in total. The van der Waals surface area contributed by atoms with Crippen molar-refractivity contribution >= 4 is 43.5 Å². The maximum Gasteiger partial charge on any atom is 0.162 e. The molecule has 0 aliphatic carbocycles. The van der Waals surface area contributed by atoms with Crippen LogP contribution in [0.1, 0.15) is 63.2 Å². The van der Waals surface area contributed by atoms with Crippen molar-refractivity contribution in [1.29, 1.82) is 0 Å². The lowest BCUT2D eigenvalue weighted by molar-refractivity contribution is 0.411. The van der Waals surface area contributed by atoms with E-state index in [0.717, 1.165) is 54.8 Å². The molecule has 0 spiro atoms. The van der Waals surface area contributed by atoms with Gasteiger partial charge in [-0.2, -0.15) is 0 Å². The minimum Gasteiger partial charge on any atom is -0.453 e. The number of hydrogen-bond acceptors (Lipinski definition) is 4. The van der Waals surface area contributed by atoms with Crippen molar-refractivity contribution in [3.05, 3.63) is 82.5 Å². The zero-order valence-electron chi connectivity index (χ0n) is 24.2. The standard InChI is InChI=1S/C35H36N2OS/c1-20-11-9-12-21(2)29(20)26-19-36-27(17-22(26)18-34(3,4)5)25-14-10-13-23-24-15-16-28-30(32(24)38-31(23)25)37-33(39-28)35(6,7)8/h9-17,19H,18H2,1-8H3. The SMILES string of the molecule is Cc1cccc(C)c1-c1cnc(-c2cccc3c2oc2c3ccc3sc(C(C)(C)C)nc32)cc1CC(C)(C)C. The first-order valence-electron chi connectivity index (χ1n) is 13.7. The van der Waals surface area contributed by atoms with Gasteiger partial charge in [0.2, 0.25) is 0 Å². The van der Waals surface area contributed by atoms with E-state index in [1.54, 1.807) is 11.3 Å². The van der Waals surface area contributed by atoms with E-state index in [2.05, 4.69) is 116 Å². The Morgan fingerprint density at radius 1 is 0.795 bits per heavy atom. The third-order valence-electron chi connectivity index (χ3n) is 7.40. The minimum absolute atomic E-state index is 0.00221. The Morgan fingerprint density at radius 3 is 2.18 bits per heavy atom. The molecule has 0 aliphatic heterocycles. The van der Waals surface area contributed by atoms with Crippen LogP contribution in [-0.4, -0.2) is 9.97 Å². The van der Waals surface area contributed by atoms with Gasteiger partial charge in [-0.25, -0.2) is 4.98 Å². The van der Waals surface area contributed by atoms with E-state index in [9.17, 15) is 0 Å². The van der Waals surface area contributed by atoms with Crippen LogP contribution in [0.3, 0.4) is 0 Å². The molecule has 6 rings (SSSR count). The monoisotopic (exact) mass is 532 g/mol. The first-order chi connectivity index (χ1) is 18.4. The molecule has 3 aromatic heterocycles. The van der Waals surface area contributed by atoms with Gasteiger partial charge in [0, 0.05) is 33.5 Å². The number of furan rings is 1. The first-order valence-corrected chi connectivity index (χ1v) is 14.5. The number of nitrogens with zero attached hydrogens (tertiary/aromatic N) is 2. The molecule has 39 heavy (non-hydrogen) atoms. The average molecular weight is 533 g/mol. The lowest BCUT2D eigenvalue weighted by Crippen LogP contribution is -2.11. The van der Waals surface area contributed by atoms with E-state index in [-0.39, 0.29) is 10.8 Å². The lowest BCUT2D eigenvalue weighted by Gasteiger charge is -2.22. The Labute approximate surface area is 234 Å². The van der Waals surface area contributed by atoms with E-state index in [0.29, 0.717) is 0 Å². The molecule has 0 atom stereocenters. The van der Waals surface area contributed by atoms with E-state index in [1.165, 1.54) is 27.8 Å². The fourth-order valence-electron chi connectivity index (χ4n) is 5.60. The highest BCUT2D eigenvalue weighted by Gasteiger charge is 2.23. The van der Waals surface area contributed by atoms with Gasteiger partial charge in [0.05, 0.1) is 15.4 Å². The fraction of sp³-hybridized carbons (Fsp3) is 0.314. The molecule has 0 amide bonds. The number of thiazole rings is 1. The topological polar surface area (TPSA) is 38.9 Å². The Balaban J connectivity index is 1.57. The minimum atomic E-state index is -0.00221. The van der Waals surface area contributed by atoms with Crippen LogP contribution in [0, 0.1) is 19.3 Å². The highest BCUT2D eigenvalue weighted by molar-refractivity contribution is 7.18. The fourth-order valence-corrected chi connectivity index (χ4v) is 6.62. The molecule has 4 heteroatoms. The third-order valence-corrected chi connectivity index (χ3v) is 8.85. The summed E-state index contributed by atoms with van der Waals surface area (Å²) in [5, 5.41) is 3.33. The van der Waals surface area contributed by atoms with Crippen molar-refractivity contribution in [3.63, 3.8) is 0 Å². The Bertz CT molecular complexity index is 1860. The summed E-state index contributed by atoms with van der Waals surface area (Å²) in [5.41, 5.74) is 11.2. The van der Waals surface area contributed by atoms with E-state index in [4.69, 9.17) is 14.4 Å². The van der Waals surface area contributed by atoms with E-state index < -0.39 is 0 Å². The molecule has 0 N–H and O–H groups in total. The highest BCUT2D eigenvalue weighted by atomic mass is 32.1. The molecule has 0 saturated heterocycles. The van der Waals surface area contributed by atoms with Gasteiger partial charge in [-0.3, -0.25) is 4.98 Å².